The van der Waals surface area contributed by atoms with Crippen LogP contribution in [0.25, 0.3) is 0 Å². The molecule has 0 saturated heterocycles. The molecule has 1 aromatic heterocycles. The van der Waals surface area contributed by atoms with E-state index in [9.17, 15) is 10.1 Å². The molecule has 0 bridgehead atoms. The normalized spacial score (nSPS) is 23.1. The zero-order valence-electron chi connectivity index (χ0n) is 10.9. The number of nitrogens with zero attached hydrogens (tertiary/aromatic N) is 2. The van der Waals surface area contributed by atoms with Gasteiger partial charge in [-0.2, -0.15) is 0 Å². The van der Waals surface area contributed by atoms with E-state index in [0.29, 0.717) is 22.3 Å². The number of rotatable bonds is 4. The van der Waals surface area contributed by atoms with E-state index < -0.39 is 4.92 Å². The van der Waals surface area contributed by atoms with Crippen LogP contribution in [-0.2, 0) is 0 Å². The largest absolute Gasteiger partial charge is 0.366 e. The van der Waals surface area contributed by atoms with E-state index in [4.69, 9.17) is 0 Å². The van der Waals surface area contributed by atoms with E-state index in [2.05, 4.69) is 33.2 Å². The van der Waals surface area contributed by atoms with Gasteiger partial charge in [0, 0.05) is 12.1 Å². The summed E-state index contributed by atoms with van der Waals surface area (Å²) in [5.74, 6) is 1.37. The molecule has 104 valence electrons. The van der Waals surface area contributed by atoms with Crippen molar-refractivity contribution in [2.24, 2.45) is 5.92 Å². The van der Waals surface area contributed by atoms with Gasteiger partial charge in [0.05, 0.1) is 9.40 Å². The van der Waals surface area contributed by atoms with Crippen LogP contribution in [-0.4, -0.2) is 15.9 Å². The van der Waals surface area contributed by atoms with Crippen molar-refractivity contribution >= 4 is 27.4 Å². The number of hydrogen-bond acceptors (Lipinski definition) is 4. The Morgan fingerprint density at radius 1 is 1.53 bits per heavy atom. The number of nitro groups is 1. The van der Waals surface area contributed by atoms with E-state index in [1.54, 1.807) is 0 Å². The predicted octanol–water partition coefficient (Wildman–Crippen LogP) is 4.13. The van der Waals surface area contributed by atoms with Crippen LogP contribution in [0.5, 0.6) is 0 Å². The molecular weight excluding hydrogens is 310 g/mol. The van der Waals surface area contributed by atoms with E-state index >= 15 is 0 Å². The molecule has 19 heavy (non-hydrogen) atoms. The second-order valence-corrected chi connectivity index (χ2v) is 5.84. The van der Waals surface area contributed by atoms with Gasteiger partial charge in [-0.1, -0.05) is 26.2 Å². The average molecular weight is 328 g/mol. The third kappa shape index (κ3) is 3.43. The summed E-state index contributed by atoms with van der Waals surface area (Å²) in [6.45, 7) is 2.21. The second kappa shape index (κ2) is 6.32. The van der Waals surface area contributed by atoms with Crippen molar-refractivity contribution in [3.05, 3.63) is 26.9 Å². The van der Waals surface area contributed by atoms with Gasteiger partial charge >= 0.3 is 0 Å². The van der Waals surface area contributed by atoms with Crippen LogP contribution in [0, 0.1) is 16.0 Å². The lowest BCUT2D eigenvalue weighted by molar-refractivity contribution is -0.385. The molecule has 0 aromatic carbocycles. The lowest BCUT2D eigenvalue weighted by Crippen LogP contribution is -2.32. The summed E-state index contributed by atoms with van der Waals surface area (Å²) in [4.78, 5) is 14.4. The molecule has 1 N–H and O–H groups in total. The Balaban J connectivity index is 2.11. The maximum Gasteiger partial charge on any atom is 0.288 e. The van der Waals surface area contributed by atoms with Crippen molar-refractivity contribution in [3.63, 3.8) is 0 Å². The third-order valence-corrected chi connectivity index (χ3v) is 4.40. The average Bonchev–Trinajstić information content (AvgIpc) is 2.41. The molecule has 1 aliphatic rings. The van der Waals surface area contributed by atoms with Crippen molar-refractivity contribution in [3.8, 4) is 0 Å². The van der Waals surface area contributed by atoms with E-state index in [0.717, 1.165) is 12.8 Å². The fourth-order valence-electron chi connectivity index (χ4n) is 2.70. The monoisotopic (exact) mass is 327 g/mol. The van der Waals surface area contributed by atoms with Gasteiger partial charge in [-0.3, -0.25) is 10.1 Å². The summed E-state index contributed by atoms with van der Waals surface area (Å²) >= 11 is 3.35. The molecule has 1 aromatic rings. The smallest absolute Gasteiger partial charge is 0.288 e. The SMILES string of the molecule is CCC1CCCCC1Nc1ncc([N+](=O)[O-])cc1Br. The molecule has 2 rings (SSSR count). The predicted molar refractivity (Wildman–Crippen MR) is 78.3 cm³/mol. The quantitative estimate of drug-likeness (QED) is 0.666. The standard InChI is InChI=1S/C13H18BrN3O2/c1-2-9-5-3-4-6-12(9)16-13-11(14)7-10(8-15-13)17(18)19/h7-9,12H,2-6H2,1H3,(H,15,16). The van der Waals surface area contributed by atoms with Crippen LogP contribution < -0.4 is 5.32 Å². The fraction of sp³-hybridized carbons (Fsp3) is 0.615. The first-order valence-electron chi connectivity index (χ1n) is 6.68. The van der Waals surface area contributed by atoms with E-state index in [1.165, 1.54) is 31.5 Å². The van der Waals surface area contributed by atoms with Gasteiger partial charge in [0.1, 0.15) is 12.0 Å². The Bertz CT molecular complexity index is 467. The lowest BCUT2D eigenvalue weighted by Gasteiger charge is -2.32. The minimum atomic E-state index is -0.434. The first-order valence-corrected chi connectivity index (χ1v) is 7.47. The van der Waals surface area contributed by atoms with Crippen molar-refractivity contribution in [1.82, 2.24) is 4.98 Å². The molecule has 0 spiro atoms. The molecule has 6 heteroatoms. The summed E-state index contributed by atoms with van der Waals surface area (Å²) in [5.41, 5.74) is 0.00751. The Kier molecular flexibility index (Phi) is 4.74. The zero-order valence-corrected chi connectivity index (χ0v) is 12.5. The molecular formula is C13H18BrN3O2. The van der Waals surface area contributed by atoms with Gasteiger partial charge in [0.25, 0.3) is 5.69 Å². The van der Waals surface area contributed by atoms with Crippen LogP contribution >= 0.6 is 15.9 Å². The molecule has 0 aliphatic heterocycles. The molecule has 2 unspecified atom stereocenters. The van der Waals surface area contributed by atoms with Gasteiger partial charge in [0.2, 0.25) is 0 Å². The van der Waals surface area contributed by atoms with Crippen molar-refractivity contribution in [2.45, 2.75) is 45.1 Å². The topological polar surface area (TPSA) is 68.1 Å². The molecule has 2 atom stereocenters. The number of pyridine rings is 1. The first kappa shape index (κ1) is 14.2. The van der Waals surface area contributed by atoms with Crippen LogP contribution in [0.15, 0.2) is 16.7 Å². The fourth-order valence-corrected chi connectivity index (χ4v) is 3.15. The van der Waals surface area contributed by atoms with Gasteiger partial charge in [-0.15, -0.1) is 0 Å². The number of aromatic nitrogens is 1. The minimum absolute atomic E-state index is 0.00751. The van der Waals surface area contributed by atoms with Crippen LogP contribution in [0.1, 0.15) is 39.0 Å². The summed E-state index contributed by atoms with van der Waals surface area (Å²) in [6.07, 6.45) is 7.38. The Labute approximate surface area is 121 Å². The Morgan fingerprint density at radius 3 is 2.89 bits per heavy atom. The Morgan fingerprint density at radius 2 is 2.26 bits per heavy atom. The number of halogens is 1. The first-order chi connectivity index (χ1) is 9.11. The van der Waals surface area contributed by atoms with Gasteiger partial charge in [-0.05, 0) is 34.7 Å². The number of nitrogens with one attached hydrogen (secondary N) is 1. The molecule has 0 amide bonds. The van der Waals surface area contributed by atoms with Gasteiger partial charge < -0.3 is 5.32 Å². The molecule has 1 aliphatic carbocycles. The molecule has 1 heterocycles. The molecule has 5 nitrogen and oxygen atoms in total. The van der Waals surface area contributed by atoms with Crippen molar-refractivity contribution in [2.75, 3.05) is 5.32 Å². The highest BCUT2D eigenvalue weighted by Crippen LogP contribution is 2.31. The summed E-state index contributed by atoms with van der Waals surface area (Å²) in [6, 6.07) is 1.92. The highest BCUT2D eigenvalue weighted by Gasteiger charge is 2.24. The van der Waals surface area contributed by atoms with E-state index in [1.807, 2.05) is 0 Å². The van der Waals surface area contributed by atoms with Crippen molar-refractivity contribution < 1.29 is 4.92 Å². The maximum atomic E-state index is 10.7. The van der Waals surface area contributed by atoms with Crippen LogP contribution in [0.4, 0.5) is 11.5 Å². The molecule has 1 fully saturated rings. The highest BCUT2D eigenvalue weighted by molar-refractivity contribution is 9.10. The molecule has 0 radical (unpaired) electrons. The minimum Gasteiger partial charge on any atom is -0.366 e. The van der Waals surface area contributed by atoms with Crippen molar-refractivity contribution in [1.29, 1.82) is 0 Å². The number of hydrogen-bond donors (Lipinski definition) is 1. The summed E-state index contributed by atoms with van der Waals surface area (Å²) in [5, 5.41) is 14.1. The Hall–Kier alpha value is -1.17. The van der Waals surface area contributed by atoms with Crippen LogP contribution in [0.3, 0.4) is 0 Å². The van der Waals surface area contributed by atoms with Gasteiger partial charge in [0.15, 0.2) is 0 Å². The third-order valence-electron chi connectivity index (χ3n) is 3.79. The molecule has 1 saturated carbocycles. The van der Waals surface area contributed by atoms with E-state index in [-0.39, 0.29) is 5.69 Å². The highest BCUT2D eigenvalue weighted by atomic mass is 79.9. The number of anilines is 1. The van der Waals surface area contributed by atoms with Crippen LogP contribution in [0.2, 0.25) is 0 Å². The second-order valence-electron chi connectivity index (χ2n) is 4.98. The maximum absolute atomic E-state index is 10.7. The lowest BCUT2D eigenvalue weighted by atomic mass is 9.83. The summed E-state index contributed by atoms with van der Waals surface area (Å²) < 4.78 is 0.655. The zero-order chi connectivity index (χ0) is 13.8. The van der Waals surface area contributed by atoms with Gasteiger partial charge in [-0.25, -0.2) is 4.98 Å². The summed E-state index contributed by atoms with van der Waals surface area (Å²) in [7, 11) is 0.